The van der Waals surface area contributed by atoms with Gasteiger partial charge >= 0.3 is 0 Å². The van der Waals surface area contributed by atoms with Gasteiger partial charge < -0.3 is 4.57 Å². The van der Waals surface area contributed by atoms with Crippen LogP contribution in [0.4, 0.5) is 0 Å². The molecule has 0 bridgehead atoms. The van der Waals surface area contributed by atoms with Crippen molar-refractivity contribution in [3.63, 3.8) is 0 Å². The summed E-state index contributed by atoms with van der Waals surface area (Å²) in [7, 11) is 0. The Morgan fingerprint density at radius 1 is 1.00 bits per heavy atom. The first-order chi connectivity index (χ1) is 10.9. The molecule has 0 amide bonds. The van der Waals surface area contributed by atoms with Crippen molar-refractivity contribution in [3.8, 4) is 0 Å². The molecule has 2 aliphatic rings. The molecule has 0 unspecified atom stereocenters. The highest BCUT2D eigenvalue weighted by Crippen LogP contribution is 2.44. The quantitative estimate of drug-likeness (QED) is 0.715. The third kappa shape index (κ3) is 1.76. The van der Waals surface area contributed by atoms with E-state index < -0.39 is 0 Å². The topological polar surface area (TPSA) is 17.4 Å². The first-order valence-electron chi connectivity index (χ1n) is 7.92. The largest absolute Gasteiger partial charge is 0.343 e. The molecule has 0 aliphatic carbocycles. The summed E-state index contributed by atoms with van der Waals surface area (Å²) in [6.07, 6.45) is 0. The number of para-hydroxylation sites is 1. The summed E-state index contributed by atoms with van der Waals surface area (Å²) in [4.78, 5) is 6.00. The second-order valence-electron chi connectivity index (χ2n) is 6.30. The van der Waals surface area contributed by atoms with Gasteiger partial charge in [-0.3, -0.25) is 4.84 Å². The van der Waals surface area contributed by atoms with Gasteiger partial charge in [-0.1, -0.05) is 48.5 Å². The predicted molar refractivity (Wildman–Crippen MR) is 86.1 cm³/mol. The Balaban J connectivity index is 1.53. The van der Waals surface area contributed by atoms with Gasteiger partial charge in [0.05, 0.1) is 12.6 Å². The summed E-state index contributed by atoms with van der Waals surface area (Å²) >= 11 is 0. The van der Waals surface area contributed by atoms with Crippen LogP contribution in [0.1, 0.15) is 17.3 Å². The Bertz CT molecular complexity index is 824. The van der Waals surface area contributed by atoms with Crippen molar-refractivity contribution in [2.45, 2.75) is 19.1 Å². The van der Waals surface area contributed by atoms with Crippen LogP contribution in [-0.4, -0.2) is 16.2 Å². The van der Waals surface area contributed by atoms with E-state index in [0.717, 1.165) is 19.7 Å². The number of aromatic nitrogens is 1. The highest BCUT2D eigenvalue weighted by atomic mass is 16.7. The standard InChI is InChI=1S/C19H18N2O/c1-2-6-14(7-3-1)11-21-19-16(13-22-21)12-20-17-9-5-4-8-15(17)10-18(19)20/h1-10,16,19H,11-13H2/t16-,19+/m0/s1. The Morgan fingerprint density at radius 2 is 1.82 bits per heavy atom. The fourth-order valence-electron chi connectivity index (χ4n) is 3.96. The van der Waals surface area contributed by atoms with Crippen molar-refractivity contribution in [2.75, 3.05) is 6.61 Å². The van der Waals surface area contributed by atoms with Crippen LogP contribution in [0.15, 0.2) is 60.7 Å². The minimum Gasteiger partial charge on any atom is -0.343 e. The van der Waals surface area contributed by atoms with E-state index in [1.54, 1.807) is 0 Å². The second-order valence-corrected chi connectivity index (χ2v) is 6.30. The molecule has 2 aliphatic heterocycles. The number of hydroxylamine groups is 2. The maximum atomic E-state index is 6.00. The van der Waals surface area contributed by atoms with Crippen LogP contribution in [0.3, 0.4) is 0 Å². The molecule has 3 heterocycles. The van der Waals surface area contributed by atoms with E-state index in [1.165, 1.54) is 22.2 Å². The monoisotopic (exact) mass is 290 g/mol. The van der Waals surface area contributed by atoms with E-state index in [1.807, 2.05) is 0 Å². The van der Waals surface area contributed by atoms with E-state index in [9.17, 15) is 0 Å². The fraction of sp³-hybridized carbons (Fsp3) is 0.263. The normalized spacial score (nSPS) is 23.8. The van der Waals surface area contributed by atoms with Gasteiger partial charge in [0.25, 0.3) is 0 Å². The molecule has 0 spiro atoms. The van der Waals surface area contributed by atoms with Crippen LogP contribution in [0.25, 0.3) is 10.9 Å². The lowest BCUT2D eigenvalue weighted by Crippen LogP contribution is -2.22. The fourth-order valence-corrected chi connectivity index (χ4v) is 3.96. The van der Waals surface area contributed by atoms with E-state index in [0.29, 0.717) is 12.0 Å². The van der Waals surface area contributed by atoms with Gasteiger partial charge in [-0.15, -0.1) is 0 Å². The lowest BCUT2D eigenvalue weighted by Gasteiger charge is -2.21. The molecule has 0 radical (unpaired) electrons. The average Bonchev–Trinajstić information content (AvgIpc) is 3.19. The Labute approximate surface area is 129 Å². The Hall–Kier alpha value is -2.10. The van der Waals surface area contributed by atoms with Crippen molar-refractivity contribution in [1.82, 2.24) is 9.63 Å². The van der Waals surface area contributed by atoms with E-state index >= 15 is 0 Å². The molecule has 2 aromatic carbocycles. The molecule has 5 rings (SSSR count). The van der Waals surface area contributed by atoms with Gasteiger partial charge in [0.15, 0.2) is 0 Å². The van der Waals surface area contributed by atoms with Crippen molar-refractivity contribution < 1.29 is 4.84 Å². The number of fused-ring (bicyclic) bond motifs is 5. The zero-order valence-corrected chi connectivity index (χ0v) is 12.4. The van der Waals surface area contributed by atoms with Gasteiger partial charge in [-0.2, -0.15) is 5.06 Å². The number of hydrogen-bond donors (Lipinski definition) is 0. The summed E-state index contributed by atoms with van der Waals surface area (Å²) in [5, 5.41) is 3.51. The maximum Gasteiger partial charge on any atom is 0.0825 e. The molecule has 22 heavy (non-hydrogen) atoms. The average molecular weight is 290 g/mol. The van der Waals surface area contributed by atoms with Crippen LogP contribution < -0.4 is 0 Å². The molecule has 110 valence electrons. The highest BCUT2D eigenvalue weighted by molar-refractivity contribution is 5.81. The van der Waals surface area contributed by atoms with Gasteiger partial charge in [-0.05, 0) is 23.1 Å². The molecule has 1 fully saturated rings. The number of nitrogens with zero attached hydrogens (tertiary/aromatic N) is 2. The lowest BCUT2D eigenvalue weighted by atomic mass is 10.0. The smallest absolute Gasteiger partial charge is 0.0825 e. The van der Waals surface area contributed by atoms with Crippen molar-refractivity contribution in [3.05, 3.63) is 71.9 Å². The van der Waals surface area contributed by atoms with E-state index in [4.69, 9.17) is 4.84 Å². The Kier molecular flexibility index (Phi) is 2.66. The zero-order chi connectivity index (χ0) is 14.5. The van der Waals surface area contributed by atoms with Crippen molar-refractivity contribution in [2.24, 2.45) is 5.92 Å². The lowest BCUT2D eigenvalue weighted by molar-refractivity contribution is -0.141. The summed E-state index contributed by atoms with van der Waals surface area (Å²) in [6.45, 7) is 2.75. The van der Waals surface area contributed by atoms with Crippen LogP contribution in [-0.2, 0) is 17.9 Å². The second kappa shape index (κ2) is 4.70. The minimum atomic E-state index is 0.382. The number of hydrogen-bond acceptors (Lipinski definition) is 2. The summed E-state index contributed by atoms with van der Waals surface area (Å²) in [6, 6.07) is 22.0. The SMILES string of the molecule is c1ccc(CN2OC[C@@H]3Cn4c(cc5ccccc54)[C@@H]32)cc1. The Morgan fingerprint density at radius 3 is 2.73 bits per heavy atom. The molecule has 0 saturated carbocycles. The third-order valence-electron chi connectivity index (χ3n) is 4.96. The van der Waals surface area contributed by atoms with E-state index in [-0.39, 0.29) is 0 Å². The van der Waals surface area contributed by atoms with Crippen LogP contribution in [0.2, 0.25) is 0 Å². The summed E-state index contributed by atoms with van der Waals surface area (Å²) in [5.41, 5.74) is 4.06. The molecule has 0 N–H and O–H groups in total. The van der Waals surface area contributed by atoms with E-state index in [2.05, 4.69) is 70.3 Å². The van der Waals surface area contributed by atoms with Gasteiger partial charge in [0.1, 0.15) is 0 Å². The molecular formula is C19H18N2O. The number of benzene rings is 2. The van der Waals surface area contributed by atoms with Gasteiger partial charge in [0, 0.05) is 30.2 Å². The molecular weight excluding hydrogens is 272 g/mol. The highest BCUT2D eigenvalue weighted by Gasteiger charge is 2.43. The number of rotatable bonds is 2. The molecule has 3 nitrogen and oxygen atoms in total. The summed E-state index contributed by atoms with van der Waals surface area (Å²) in [5.74, 6) is 0.573. The minimum absolute atomic E-state index is 0.382. The molecule has 3 heteroatoms. The van der Waals surface area contributed by atoms with Crippen LogP contribution in [0, 0.1) is 5.92 Å². The molecule has 2 atom stereocenters. The molecule has 1 aromatic heterocycles. The third-order valence-corrected chi connectivity index (χ3v) is 4.96. The molecule has 1 saturated heterocycles. The predicted octanol–water partition coefficient (Wildman–Crippen LogP) is 3.76. The first kappa shape index (κ1) is 12.4. The summed E-state index contributed by atoms with van der Waals surface area (Å²) < 4.78 is 2.48. The van der Waals surface area contributed by atoms with Crippen LogP contribution >= 0.6 is 0 Å². The van der Waals surface area contributed by atoms with Gasteiger partial charge in [-0.25, -0.2) is 0 Å². The van der Waals surface area contributed by atoms with Crippen molar-refractivity contribution in [1.29, 1.82) is 0 Å². The maximum absolute atomic E-state index is 6.00. The van der Waals surface area contributed by atoms with Crippen LogP contribution in [0.5, 0.6) is 0 Å². The molecule has 3 aromatic rings. The first-order valence-corrected chi connectivity index (χ1v) is 7.92. The van der Waals surface area contributed by atoms with Gasteiger partial charge in [0.2, 0.25) is 0 Å². The zero-order valence-electron chi connectivity index (χ0n) is 12.4. The van der Waals surface area contributed by atoms with Crippen molar-refractivity contribution >= 4 is 10.9 Å².